The molecule has 170 valence electrons. The molecule has 1 aliphatic carbocycles. The van der Waals surface area contributed by atoms with Crippen LogP contribution in [-0.2, 0) is 22.6 Å². The maximum Gasteiger partial charge on any atom is 0.433 e. The number of fused-ring (bicyclic) bond motifs is 1. The highest BCUT2D eigenvalue weighted by atomic mass is 32.2. The van der Waals surface area contributed by atoms with Crippen LogP contribution in [0.15, 0.2) is 41.2 Å². The van der Waals surface area contributed by atoms with Gasteiger partial charge in [0, 0.05) is 11.4 Å². The molecule has 0 unspecified atom stereocenters. The van der Waals surface area contributed by atoms with E-state index in [-0.39, 0.29) is 41.4 Å². The van der Waals surface area contributed by atoms with Gasteiger partial charge < -0.3 is 0 Å². The van der Waals surface area contributed by atoms with Crippen LogP contribution < -0.4 is 10.4 Å². The fourth-order valence-electron chi connectivity index (χ4n) is 3.48. The lowest BCUT2D eigenvalue weighted by Gasteiger charge is -2.15. The van der Waals surface area contributed by atoms with E-state index in [1.54, 1.807) is 31.2 Å². The predicted octanol–water partition coefficient (Wildman–Crippen LogP) is 3.12. The van der Waals surface area contributed by atoms with E-state index in [4.69, 9.17) is 0 Å². The van der Waals surface area contributed by atoms with Crippen molar-refractivity contribution < 1.29 is 21.6 Å². The van der Waals surface area contributed by atoms with E-state index in [9.17, 15) is 26.4 Å². The third-order valence-corrected chi connectivity index (χ3v) is 6.74. The first-order chi connectivity index (χ1) is 15.0. The number of hydrogen-bond donors (Lipinski definition) is 1. The summed E-state index contributed by atoms with van der Waals surface area (Å²) in [7, 11) is -3.46. The summed E-state index contributed by atoms with van der Waals surface area (Å²) in [5, 5.41) is 0.272. The number of nitrogens with zero attached hydrogens (tertiary/aromatic N) is 3. The minimum atomic E-state index is -4.69. The highest BCUT2D eigenvalue weighted by Crippen LogP contribution is 2.30. The van der Waals surface area contributed by atoms with E-state index < -0.39 is 27.6 Å². The Bertz CT molecular complexity index is 1330. The van der Waals surface area contributed by atoms with Crippen LogP contribution in [0.2, 0.25) is 0 Å². The zero-order valence-corrected chi connectivity index (χ0v) is 18.0. The van der Waals surface area contributed by atoms with Gasteiger partial charge in [-0.2, -0.15) is 18.2 Å². The van der Waals surface area contributed by atoms with E-state index in [2.05, 4.69) is 14.7 Å². The molecule has 11 heteroatoms. The van der Waals surface area contributed by atoms with Crippen molar-refractivity contribution in [2.45, 2.75) is 44.8 Å². The zero-order chi connectivity index (χ0) is 23.1. The van der Waals surface area contributed by atoms with E-state index in [1.807, 2.05) is 0 Å². The highest BCUT2D eigenvalue weighted by Gasteiger charge is 2.33. The number of benzene rings is 1. The van der Waals surface area contributed by atoms with Crippen molar-refractivity contribution >= 4 is 21.1 Å². The second kappa shape index (κ2) is 8.28. The van der Waals surface area contributed by atoms with Crippen molar-refractivity contribution in [3.63, 3.8) is 0 Å². The molecule has 1 fully saturated rings. The van der Waals surface area contributed by atoms with Crippen molar-refractivity contribution in [2.24, 2.45) is 0 Å². The summed E-state index contributed by atoms with van der Waals surface area (Å²) in [6, 6.07) is 8.81. The Hall–Kier alpha value is -2.79. The molecular weight excluding hydrogens is 445 g/mol. The molecule has 0 radical (unpaired) electrons. The number of halogens is 3. The molecular formula is C21H21F3N4O3S. The molecule has 2 heterocycles. The minimum absolute atomic E-state index is 0.0121. The summed E-state index contributed by atoms with van der Waals surface area (Å²) in [5.74, 6) is -0.165. The van der Waals surface area contributed by atoms with Gasteiger partial charge in [-0.1, -0.05) is 18.2 Å². The van der Waals surface area contributed by atoms with Crippen LogP contribution >= 0.6 is 0 Å². The molecule has 1 N–H and O–H groups in total. The van der Waals surface area contributed by atoms with E-state index in [1.165, 1.54) is 6.07 Å². The van der Waals surface area contributed by atoms with Crippen LogP contribution in [0.5, 0.6) is 0 Å². The first-order valence-corrected chi connectivity index (χ1v) is 11.8. The lowest BCUT2D eigenvalue weighted by Crippen LogP contribution is -2.29. The van der Waals surface area contributed by atoms with Gasteiger partial charge >= 0.3 is 11.9 Å². The van der Waals surface area contributed by atoms with Gasteiger partial charge in [0.15, 0.2) is 5.65 Å². The van der Waals surface area contributed by atoms with Gasteiger partial charge in [0.25, 0.3) is 0 Å². The molecule has 3 aromatic rings. The number of hydrogen-bond acceptors (Lipinski definition) is 5. The maximum absolute atomic E-state index is 13.3. The van der Waals surface area contributed by atoms with E-state index in [0.29, 0.717) is 11.3 Å². The number of alkyl halides is 3. The van der Waals surface area contributed by atoms with Crippen LogP contribution in [0.4, 0.5) is 13.2 Å². The summed E-state index contributed by atoms with van der Waals surface area (Å²) in [5.41, 5.74) is -0.792. The Balaban J connectivity index is 1.77. The Morgan fingerprint density at radius 2 is 1.84 bits per heavy atom. The van der Waals surface area contributed by atoms with Gasteiger partial charge in [-0.3, -0.25) is 0 Å². The Kier molecular flexibility index (Phi) is 5.80. The number of nitrogens with one attached hydrogen (secondary N) is 1. The highest BCUT2D eigenvalue weighted by molar-refractivity contribution is 7.89. The molecule has 32 heavy (non-hydrogen) atoms. The first-order valence-electron chi connectivity index (χ1n) is 10.1. The van der Waals surface area contributed by atoms with Crippen LogP contribution in [0.3, 0.4) is 0 Å². The van der Waals surface area contributed by atoms with Crippen molar-refractivity contribution in [2.75, 3.05) is 5.75 Å². The normalized spacial score (nSPS) is 14.8. The number of aryl methyl sites for hydroxylation is 2. The van der Waals surface area contributed by atoms with Crippen molar-refractivity contribution in [1.29, 1.82) is 0 Å². The van der Waals surface area contributed by atoms with Gasteiger partial charge in [-0.15, -0.1) is 0 Å². The number of aromatic nitrogens is 3. The molecule has 1 aromatic carbocycles. The quantitative estimate of drug-likeness (QED) is 0.578. The average Bonchev–Trinajstić information content (AvgIpc) is 3.51. The molecule has 0 aliphatic heterocycles. The average molecular weight is 466 g/mol. The Labute approximate surface area is 182 Å². The third kappa shape index (κ3) is 4.83. The fourth-order valence-corrected chi connectivity index (χ4v) is 4.87. The fraction of sp³-hybridized carbons (Fsp3) is 0.381. The zero-order valence-electron chi connectivity index (χ0n) is 17.2. The van der Waals surface area contributed by atoms with Gasteiger partial charge in [0.05, 0.1) is 17.1 Å². The van der Waals surface area contributed by atoms with Crippen LogP contribution in [0.25, 0.3) is 16.7 Å². The van der Waals surface area contributed by atoms with Crippen LogP contribution in [-0.4, -0.2) is 34.7 Å². The molecule has 0 saturated heterocycles. The number of pyridine rings is 1. The van der Waals surface area contributed by atoms with Crippen LogP contribution in [0.1, 0.15) is 36.2 Å². The minimum Gasteiger partial charge on any atom is -0.245 e. The molecule has 4 rings (SSSR count). The van der Waals surface area contributed by atoms with Crippen molar-refractivity contribution in [3.8, 4) is 5.69 Å². The first kappa shape index (κ1) is 22.4. The number of rotatable bonds is 7. The molecule has 0 amide bonds. The second-order valence-electron chi connectivity index (χ2n) is 7.84. The second-order valence-corrected chi connectivity index (χ2v) is 9.72. The lowest BCUT2D eigenvalue weighted by atomic mass is 10.1. The monoisotopic (exact) mass is 466 g/mol. The molecule has 2 aromatic heterocycles. The Morgan fingerprint density at radius 3 is 2.50 bits per heavy atom. The summed E-state index contributed by atoms with van der Waals surface area (Å²) in [4.78, 5) is 20.7. The SMILES string of the molecule is Cc1ccccc1-n1c(=O)nc(CCCS(=O)(=O)NC2CC2)c2ccc(C(F)(F)F)nc21. The smallest absolute Gasteiger partial charge is 0.245 e. The summed E-state index contributed by atoms with van der Waals surface area (Å²) >= 11 is 0. The van der Waals surface area contributed by atoms with Gasteiger partial charge in [-0.25, -0.2) is 27.5 Å². The molecule has 0 bridgehead atoms. The predicted molar refractivity (Wildman–Crippen MR) is 113 cm³/mol. The molecule has 0 spiro atoms. The molecule has 0 atom stereocenters. The van der Waals surface area contributed by atoms with E-state index in [0.717, 1.165) is 23.5 Å². The third-order valence-electron chi connectivity index (χ3n) is 5.22. The molecule has 1 aliphatic rings. The lowest BCUT2D eigenvalue weighted by molar-refractivity contribution is -0.141. The summed E-state index contributed by atoms with van der Waals surface area (Å²) in [6.45, 7) is 1.73. The number of para-hydroxylation sites is 1. The standard InChI is InChI=1S/C21H21F3N4O3S/c1-13-5-2-3-7-17(13)28-19-15(10-11-18(26-19)21(22,23)24)16(25-20(28)29)6-4-12-32(30,31)27-14-8-9-14/h2-3,5,7,10-11,14,27H,4,6,8-9,12H2,1H3. The Morgan fingerprint density at radius 1 is 1.12 bits per heavy atom. The molecule has 1 saturated carbocycles. The topological polar surface area (TPSA) is 94.0 Å². The largest absolute Gasteiger partial charge is 0.433 e. The van der Waals surface area contributed by atoms with Gasteiger partial charge in [0.2, 0.25) is 10.0 Å². The van der Waals surface area contributed by atoms with E-state index >= 15 is 0 Å². The summed E-state index contributed by atoms with van der Waals surface area (Å²) < 4.78 is 67.8. The van der Waals surface area contributed by atoms with Gasteiger partial charge in [-0.05, 0) is 56.4 Å². The number of sulfonamides is 1. The molecule has 7 nitrogen and oxygen atoms in total. The van der Waals surface area contributed by atoms with Crippen molar-refractivity contribution in [1.82, 2.24) is 19.3 Å². The maximum atomic E-state index is 13.3. The van der Waals surface area contributed by atoms with Crippen molar-refractivity contribution in [3.05, 3.63) is 63.8 Å². The van der Waals surface area contributed by atoms with Crippen LogP contribution in [0, 0.1) is 6.92 Å². The van der Waals surface area contributed by atoms with Gasteiger partial charge in [0.1, 0.15) is 5.69 Å². The summed E-state index contributed by atoms with van der Waals surface area (Å²) in [6.07, 6.45) is -2.78.